The van der Waals surface area contributed by atoms with E-state index in [0.29, 0.717) is 16.4 Å². The van der Waals surface area contributed by atoms with E-state index in [1.165, 1.54) is 6.20 Å². The van der Waals surface area contributed by atoms with E-state index < -0.39 is 18.5 Å². The third-order valence-corrected chi connectivity index (χ3v) is 3.54. The Labute approximate surface area is 149 Å². The number of carbonyl (C=O) groups is 2. The molecule has 0 aliphatic rings. The number of nitrogens with one attached hydrogen (secondary N) is 1. The standard InChI is InChI=1S/C18H14ClN3O3/c19-14-6-7-16(20-11-14)21-17(23)12-25-18(24)13-4-3-5-15(10-13)22-8-1-2-9-22/h1-11H,12H2,(H,20,21,23). The summed E-state index contributed by atoms with van der Waals surface area (Å²) >= 11 is 5.72. The van der Waals surface area contributed by atoms with Gasteiger partial charge in [-0.05, 0) is 42.5 Å². The summed E-state index contributed by atoms with van der Waals surface area (Å²) in [6.45, 7) is -0.406. The van der Waals surface area contributed by atoms with Gasteiger partial charge in [-0.3, -0.25) is 4.79 Å². The van der Waals surface area contributed by atoms with E-state index in [1.807, 2.05) is 35.2 Å². The fraction of sp³-hybridized carbons (Fsp3) is 0.0556. The maximum absolute atomic E-state index is 12.1. The molecule has 0 unspecified atom stereocenters. The van der Waals surface area contributed by atoms with Crippen LogP contribution in [0.5, 0.6) is 0 Å². The molecular weight excluding hydrogens is 342 g/mol. The van der Waals surface area contributed by atoms with Gasteiger partial charge in [0, 0.05) is 24.3 Å². The van der Waals surface area contributed by atoms with Crippen molar-refractivity contribution in [3.05, 3.63) is 77.7 Å². The SMILES string of the molecule is O=C(COC(=O)c1cccc(-n2cccc2)c1)Nc1ccc(Cl)cn1. The number of ether oxygens (including phenoxy) is 1. The molecule has 0 aliphatic heterocycles. The van der Waals surface area contributed by atoms with Crippen molar-refractivity contribution in [2.24, 2.45) is 0 Å². The Morgan fingerprint density at radius 3 is 2.64 bits per heavy atom. The number of aromatic nitrogens is 2. The Balaban J connectivity index is 1.58. The van der Waals surface area contributed by atoms with Crippen molar-refractivity contribution >= 4 is 29.3 Å². The second-order valence-corrected chi connectivity index (χ2v) is 5.56. The summed E-state index contributed by atoms with van der Waals surface area (Å²) in [5.74, 6) is -0.724. The van der Waals surface area contributed by atoms with Gasteiger partial charge in [0.15, 0.2) is 6.61 Å². The summed E-state index contributed by atoms with van der Waals surface area (Å²) in [5.41, 5.74) is 1.19. The van der Waals surface area contributed by atoms with Crippen LogP contribution in [0.25, 0.3) is 5.69 Å². The van der Waals surface area contributed by atoms with Crippen molar-refractivity contribution in [1.29, 1.82) is 0 Å². The average molecular weight is 356 g/mol. The maximum atomic E-state index is 12.1. The number of nitrogens with zero attached hydrogens (tertiary/aromatic N) is 2. The van der Waals surface area contributed by atoms with E-state index in [2.05, 4.69) is 10.3 Å². The summed E-state index contributed by atoms with van der Waals surface area (Å²) in [4.78, 5) is 27.9. The molecule has 7 heteroatoms. The van der Waals surface area contributed by atoms with Crippen molar-refractivity contribution in [3.8, 4) is 5.69 Å². The third-order valence-electron chi connectivity index (χ3n) is 3.31. The third kappa shape index (κ3) is 4.45. The molecule has 0 saturated carbocycles. The van der Waals surface area contributed by atoms with Crippen LogP contribution in [0.2, 0.25) is 5.02 Å². The topological polar surface area (TPSA) is 73.2 Å². The molecule has 2 heterocycles. The van der Waals surface area contributed by atoms with Crippen LogP contribution in [0.15, 0.2) is 67.1 Å². The fourth-order valence-electron chi connectivity index (χ4n) is 2.14. The second-order valence-electron chi connectivity index (χ2n) is 5.13. The molecular formula is C18H14ClN3O3. The van der Waals surface area contributed by atoms with Gasteiger partial charge in [-0.15, -0.1) is 0 Å². The zero-order valence-electron chi connectivity index (χ0n) is 13.1. The Morgan fingerprint density at radius 2 is 1.92 bits per heavy atom. The summed E-state index contributed by atoms with van der Waals surface area (Å²) in [5, 5.41) is 2.98. The lowest BCUT2D eigenvalue weighted by atomic mass is 10.2. The first-order chi connectivity index (χ1) is 12.1. The van der Waals surface area contributed by atoms with Gasteiger partial charge in [0.2, 0.25) is 0 Å². The highest BCUT2D eigenvalue weighted by atomic mass is 35.5. The van der Waals surface area contributed by atoms with E-state index in [-0.39, 0.29) is 0 Å². The van der Waals surface area contributed by atoms with E-state index in [4.69, 9.17) is 16.3 Å². The molecule has 0 spiro atoms. The van der Waals surface area contributed by atoms with Gasteiger partial charge in [-0.1, -0.05) is 17.7 Å². The van der Waals surface area contributed by atoms with Crippen molar-refractivity contribution < 1.29 is 14.3 Å². The van der Waals surface area contributed by atoms with E-state index in [1.54, 1.807) is 30.3 Å². The number of pyridine rings is 1. The number of carbonyl (C=O) groups excluding carboxylic acids is 2. The Morgan fingerprint density at radius 1 is 1.12 bits per heavy atom. The monoisotopic (exact) mass is 355 g/mol. The van der Waals surface area contributed by atoms with Crippen molar-refractivity contribution in [1.82, 2.24) is 9.55 Å². The number of hydrogen-bond donors (Lipinski definition) is 1. The molecule has 3 rings (SSSR count). The quantitative estimate of drug-likeness (QED) is 0.712. The zero-order valence-corrected chi connectivity index (χ0v) is 13.8. The van der Waals surface area contributed by atoms with Gasteiger partial charge in [0.25, 0.3) is 5.91 Å². The predicted molar refractivity (Wildman–Crippen MR) is 93.9 cm³/mol. The van der Waals surface area contributed by atoms with Crippen molar-refractivity contribution in [2.75, 3.05) is 11.9 Å². The van der Waals surface area contributed by atoms with E-state index in [9.17, 15) is 9.59 Å². The lowest BCUT2D eigenvalue weighted by molar-refractivity contribution is -0.119. The highest BCUT2D eigenvalue weighted by Gasteiger charge is 2.11. The molecule has 1 N–H and O–H groups in total. The molecule has 0 bridgehead atoms. The van der Waals surface area contributed by atoms with Gasteiger partial charge >= 0.3 is 5.97 Å². The first-order valence-corrected chi connectivity index (χ1v) is 7.81. The molecule has 1 aromatic carbocycles. The molecule has 2 aromatic heterocycles. The van der Waals surface area contributed by atoms with Gasteiger partial charge in [0.05, 0.1) is 10.6 Å². The first-order valence-electron chi connectivity index (χ1n) is 7.44. The highest BCUT2D eigenvalue weighted by molar-refractivity contribution is 6.30. The summed E-state index contributed by atoms with van der Waals surface area (Å²) < 4.78 is 6.91. The van der Waals surface area contributed by atoms with Crippen LogP contribution < -0.4 is 5.32 Å². The molecule has 3 aromatic rings. The molecule has 0 aliphatic carbocycles. The fourth-order valence-corrected chi connectivity index (χ4v) is 2.26. The minimum atomic E-state index is -0.576. The molecule has 0 atom stereocenters. The maximum Gasteiger partial charge on any atom is 0.338 e. The normalized spacial score (nSPS) is 10.3. The summed E-state index contributed by atoms with van der Waals surface area (Å²) in [6.07, 6.45) is 5.16. The average Bonchev–Trinajstić information content (AvgIpc) is 3.16. The number of amides is 1. The first kappa shape index (κ1) is 16.7. The number of esters is 1. The smallest absolute Gasteiger partial charge is 0.338 e. The molecule has 6 nitrogen and oxygen atoms in total. The van der Waals surface area contributed by atoms with Crippen molar-refractivity contribution in [3.63, 3.8) is 0 Å². The largest absolute Gasteiger partial charge is 0.452 e. The van der Waals surface area contributed by atoms with Crippen LogP contribution in [-0.4, -0.2) is 28.0 Å². The van der Waals surface area contributed by atoms with E-state index in [0.717, 1.165) is 5.69 Å². The Hall–Kier alpha value is -3.12. The van der Waals surface area contributed by atoms with Gasteiger partial charge < -0.3 is 14.6 Å². The number of rotatable bonds is 5. The second kappa shape index (κ2) is 7.63. The van der Waals surface area contributed by atoms with Crippen molar-refractivity contribution in [2.45, 2.75) is 0 Å². The molecule has 1 amide bonds. The number of benzene rings is 1. The Bertz CT molecular complexity index is 877. The van der Waals surface area contributed by atoms with Gasteiger partial charge in [-0.25, -0.2) is 9.78 Å². The van der Waals surface area contributed by atoms with Gasteiger partial charge in [-0.2, -0.15) is 0 Å². The molecule has 25 heavy (non-hydrogen) atoms. The lowest BCUT2D eigenvalue weighted by Crippen LogP contribution is -2.21. The van der Waals surface area contributed by atoms with Crippen LogP contribution >= 0.6 is 11.6 Å². The number of anilines is 1. The van der Waals surface area contributed by atoms with Crippen LogP contribution in [-0.2, 0) is 9.53 Å². The number of halogens is 1. The zero-order chi connectivity index (χ0) is 17.6. The molecule has 0 saturated heterocycles. The highest BCUT2D eigenvalue weighted by Crippen LogP contribution is 2.12. The lowest BCUT2D eigenvalue weighted by Gasteiger charge is -2.08. The van der Waals surface area contributed by atoms with Crippen LogP contribution in [0.3, 0.4) is 0 Å². The Kier molecular flexibility index (Phi) is 5.11. The predicted octanol–water partition coefficient (Wildman–Crippen LogP) is 3.32. The summed E-state index contributed by atoms with van der Waals surface area (Å²) in [6, 6.07) is 13.9. The minimum absolute atomic E-state index is 0.333. The van der Waals surface area contributed by atoms with E-state index >= 15 is 0 Å². The van der Waals surface area contributed by atoms with Crippen LogP contribution in [0.4, 0.5) is 5.82 Å². The van der Waals surface area contributed by atoms with Crippen LogP contribution in [0, 0.1) is 0 Å². The van der Waals surface area contributed by atoms with Gasteiger partial charge in [0.1, 0.15) is 5.82 Å². The molecule has 0 radical (unpaired) electrons. The molecule has 126 valence electrons. The summed E-state index contributed by atoms with van der Waals surface area (Å²) in [7, 11) is 0. The number of hydrogen-bond acceptors (Lipinski definition) is 4. The minimum Gasteiger partial charge on any atom is -0.452 e. The molecule has 0 fully saturated rings. The van der Waals surface area contributed by atoms with Crippen LogP contribution in [0.1, 0.15) is 10.4 Å².